The number of oxime groups is 1. The molecule has 9 nitrogen and oxygen atoms in total. The summed E-state index contributed by atoms with van der Waals surface area (Å²) >= 11 is 0. The highest BCUT2D eigenvalue weighted by molar-refractivity contribution is 5.83. The number of esters is 2. The largest absolute Gasteiger partial charge is 0.479 e. The molecule has 0 aromatic carbocycles. The second-order valence-corrected chi connectivity index (χ2v) is 7.32. The van der Waals surface area contributed by atoms with E-state index in [1.54, 1.807) is 6.92 Å². The number of carboxylic acids is 1. The predicted molar refractivity (Wildman–Crippen MR) is 92.1 cm³/mol. The number of nitrogens with zero attached hydrogens (tertiary/aromatic N) is 1. The van der Waals surface area contributed by atoms with E-state index in [1.807, 2.05) is 0 Å². The average molecular weight is 381 g/mol. The molecule has 3 aliphatic heterocycles. The number of nitrogens with one attached hydrogen (secondary N) is 1. The second kappa shape index (κ2) is 8.51. The summed E-state index contributed by atoms with van der Waals surface area (Å²) in [5.41, 5.74) is 1.54. The molecule has 2 saturated heterocycles. The lowest BCUT2D eigenvalue weighted by atomic mass is 9.95. The molecule has 9 heteroatoms. The minimum atomic E-state index is -1.12. The third-order valence-corrected chi connectivity index (χ3v) is 5.17. The number of carboxylic acid groups (broad SMARTS) is 1. The Morgan fingerprint density at radius 1 is 1.37 bits per heavy atom. The summed E-state index contributed by atoms with van der Waals surface area (Å²) in [6, 6.07) is 0.0889. The topological polar surface area (TPSA) is 116 Å². The molecule has 0 saturated carbocycles. The van der Waals surface area contributed by atoms with Crippen LogP contribution in [-0.2, 0) is 28.7 Å². The van der Waals surface area contributed by atoms with E-state index >= 15 is 0 Å². The molecule has 2 N–H and O–H groups in total. The molecule has 0 aromatic heterocycles. The van der Waals surface area contributed by atoms with Gasteiger partial charge in [-0.15, -0.1) is 0 Å². The van der Waals surface area contributed by atoms with Gasteiger partial charge in [-0.3, -0.25) is 9.59 Å². The Hall–Kier alpha value is -2.42. The lowest BCUT2D eigenvalue weighted by molar-refractivity contribution is -0.896. The summed E-state index contributed by atoms with van der Waals surface area (Å²) in [4.78, 5) is 41.2. The molecule has 0 spiro atoms. The Morgan fingerprint density at radius 3 is 2.93 bits per heavy atom. The van der Waals surface area contributed by atoms with E-state index in [-0.39, 0.29) is 49.5 Å². The average Bonchev–Trinajstić information content (AvgIpc) is 3.14. The van der Waals surface area contributed by atoms with Crippen LogP contribution in [0, 0.1) is 5.92 Å². The summed E-state index contributed by atoms with van der Waals surface area (Å²) < 4.78 is 11.2. The number of quaternary nitrogens is 1. The summed E-state index contributed by atoms with van der Waals surface area (Å²) in [5, 5.41) is 12.3. The van der Waals surface area contributed by atoms with E-state index in [1.165, 1.54) is 4.90 Å². The quantitative estimate of drug-likeness (QED) is 0.280. The number of hydrogen-bond acceptors (Lipinski definition) is 7. The third-order valence-electron chi connectivity index (χ3n) is 5.17. The maximum atomic E-state index is 12.4. The van der Waals surface area contributed by atoms with Crippen molar-refractivity contribution in [1.29, 1.82) is 0 Å². The Bertz CT molecular complexity index is 673. The van der Waals surface area contributed by atoms with Crippen molar-refractivity contribution in [2.75, 3.05) is 26.3 Å². The molecule has 3 heterocycles. The number of cyclic esters (lactones) is 1. The Balaban J connectivity index is 1.65. The third kappa shape index (κ3) is 5.06. The monoisotopic (exact) mass is 381 g/mol. The first-order valence-corrected chi connectivity index (χ1v) is 9.18. The number of aliphatic carboxylic acids is 1. The van der Waals surface area contributed by atoms with Crippen LogP contribution in [0.25, 0.3) is 0 Å². The molecule has 2 fully saturated rings. The molecule has 2 unspecified atom stereocenters. The van der Waals surface area contributed by atoms with Gasteiger partial charge in [0.1, 0.15) is 6.61 Å². The minimum absolute atomic E-state index is 0.0695. The number of rotatable bonds is 5. The summed E-state index contributed by atoms with van der Waals surface area (Å²) in [7, 11) is 0. The zero-order chi connectivity index (χ0) is 19.4. The Morgan fingerprint density at radius 2 is 2.15 bits per heavy atom. The van der Waals surface area contributed by atoms with Crippen LogP contribution in [0.1, 0.15) is 32.6 Å². The zero-order valence-corrected chi connectivity index (χ0v) is 15.3. The van der Waals surface area contributed by atoms with Gasteiger partial charge in [-0.05, 0) is 25.3 Å². The molecule has 4 atom stereocenters. The van der Waals surface area contributed by atoms with Crippen molar-refractivity contribution >= 4 is 23.6 Å². The van der Waals surface area contributed by atoms with Gasteiger partial charge in [0.15, 0.2) is 12.1 Å². The standard InChI is InChI=1S/C18H24N2O7/c1-11(19-26-10-15(21)22)6-12-7-16(23)25-9-13-2-4-20-5-3-14(18(13)20)27-17(24)8-12/h2,12,14,18H,3-10H2,1H3,(H,21,22)/p+1/b19-11-/t12?,14-,18-/m1/s1. The number of ether oxygens (including phenoxy) is 2. The molecule has 0 aliphatic carbocycles. The van der Waals surface area contributed by atoms with E-state index in [9.17, 15) is 14.4 Å². The highest BCUT2D eigenvalue weighted by Crippen LogP contribution is 2.24. The maximum Gasteiger partial charge on any atom is 0.344 e. The van der Waals surface area contributed by atoms with Crippen LogP contribution in [0.3, 0.4) is 0 Å². The molecular formula is C18H25N2O7+. The normalized spacial score (nSPS) is 31.3. The van der Waals surface area contributed by atoms with E-state index < -0.39 is 12.6 Å². The van der Waals surface area contributed by atoms with Gasteiger partial charge in [0.2, 0.25) is 6.61 Å². The summed E-state index contributed by atoms with van der Waals surface area (Å²) in [5.74, 6) is -2.15. The van der Waals surface area contributed by atoms with Gasteiger partial charge in [-0.1, -0.05) is 5.16 Å². The van der Waals surface area contributed by atoms with Gasteiger partial charge >= 0.3 is 17.9 Å². The maximum absolute atomic E-state index is 12.4. The van der Waals surface area contributed by atoms with Crippen LogP contribution in [0.2, 0.25) is 0 Å². The SMILES string of the molecule is C/C(CC1CC(=O)OCC2=CC[NH+]3CC[C@@H](OC(=O)C1)[C@@H]23)=N/OCC(=O)O. The van der Waals surface area contributed by atoms with Gasteiger partial charge < -0.3 is 24.3 Å². The molecular weight excluding hydrogens is 356 g/mol. The number of carbonyl (C=O) groups excluding carboxylic acids is 2. The number of carbonyl (C=O) groups is 3. The lowest BCUT2D eigenvalue weighted by Crippen LogP contribution is -3.12. The van der Waals surface area contributed by atoms with Crippen molar-refractivity contribution in [3.63, 3.8) is 0 Å². The van der Waals surface area contributed by atoms with E-state index in [0.717, 1.165) is 25.1 Å². The van der Waals surface area contributed by atoms with E-state index in [2.05, 4.69) is 11.2 Å². The lowest BCUT2D eigenvalue weighted by Gasteiger charge is -2.20. The van der Waals surface area contributed by atoms with Gasteiger partial charge in [-0.25, -0.2) is 4.79 Å². The highest BCUT2D eigenvalue weighted by Gasteiger charge is 2.46. The Labute approximate surface area is 156 Å². The fraction of sp³-hybridized carbons (Fsp3) is 0.667. The number of hydrogen-bond donors (Lipinski definition) is 2. The van der Waals surface area contributed by atoms with E-state index in [0.29, 0.717) is 12.1 Å². The highest BCUT2D eigenvalue weighted by atomic mass is 16.6. The predicted octanol–water partition coefficient (Wildman–Crippen LogP) is -0.684. The molecule has 3 aliphatic rings. The minimum Gasteiger partial charge on any atom is -0.479 e. The van der Waals surface area contributed by atoms with Crippen LogP contribution in [0.15, 0.2) is 16.8 Å². The van der Waals surface area contributed by atoms with Crippen molar-refractivity contribution < 1.29 is 38.7 Å². The molecule has 3 rings (SSSR count). The first-order valence-electron chi connectivity index (χ1n) is 9.18. The zero-order valence-electron chi connectivity index (χ0n) is 15.3. The summed E-state index contributed by atoms with van der Waals surface area (Å²) in [6.45, 7) is 3.18. The first kappa shape index (κ1) is 19.3. The van der Waals surface area contributed by atoms with Crippen LogP contribution >= 0.6 is 0 Å². The molecule has 148 valence electrons. The van der Waals surface area contributed by atoms with Gasteiger partial charge in [0, 0.05) is 24.8 Å². The van der Waals surface area contributed by atoms with Crippen LogP contribution in [0.5, 0.6) is 0 Å². The van der Waals surface area contributed by atoms with Crippen molar-refractivity contribution in [3.05, 3.63) is 11.6 Å². The smallest absolute Gasteiger partial charge is 0.344 e. The molecule has 0 radical (unpaired) electrons. The summed E-state index contributed by atoms with van der Waals surface area (Å²) in [6.07, 6.45) is 3.19. The van der Waals surface area contributed by atoms with Crippen LogP contribution in [0.4, 0.5) is 0 Å². The van der Waals surface area contributed by atoms with Crippen molar-refractivity contribution in [2.24, 2.45) is 11.1 Å². The molecule has 0 amide bonds. The fourth-order valence-electron chi connectivity index (χ4n) is 4.09. The molecule has 27 heavy (non-hydrogen) atoms. The van der Waals surface area contributed by atoms with Crippen LogP contribution in [-0.4, -0.2) is 67.2 Å². The second-order valence-electron chi connectivity index (χ2n) is 7.32. The van der Waals surface area contributed by atoms with Gasteiger partial charge in [0.25, 0.3) is 0 Å². The Kier molecular flexibility index (Phi) is 6.10. The van der Waals surface area contributed by atoms with E-state index in [4.69, 9.17) is 19.4 Å². The molecule has 0 aromatic rings. The van der Waals surface area contributed by atoms with Crippen LogP contribution < -0.4 is 4.90 Å². The van der Waals surface area contributed by atoms with Gasteiger partial charge in [-0.2, -0.15) is 0 Å². The van der Waals surface area contributed by atoms with Gasteiger partial charge in [0.05, 0.1) is 18.8 Å². The van der Waals surface area contributed by atoms with Crippen molar-refractivity contribution in [3.8, 4) is 0 Å². The molecule has 0 bridgehead atoms. The first-order chi connectivity index (χ1) is 12.9. The van der Waals surface area contributed by atoms with Crippen molar-refractivity contribution in [1.82, 2.24) is 0 Å². The fourth-order valence-corrected chi connectivity index (χ4v) is 4.09. The van der Waals surface area contributed by atoms with Crippen molar-refractivity contribution in [2.45, 2.75) is 44.8 Å².